The molecule has 0 spiro atoms. The lowest BCUT2D eigenvalue weighted by Crippen LogP contribution is -2.59. The van der Waals surface area contributed by atoms with E-state index in [9.17, 15) is 22.8 Å². The van der Waals surface area contributed by atoms with Crippen LogP contribution in [0.15, 0.2) is 58.7 Å². The van der Waals surface area contributed by atoms with Crippen LogP contribution in [0.2, 0.25) is 0 Å². The van der Waals surface area contributed by atoms with E-state index >= 15 is 4.79 Å². The Bertz CT molecular complexity index is 3050. The summed E-state index contributed by atoms with van der Waals surface area (Å²) < 4.78 is 45.0. The number of carbonyl (C=O) groups excluding carboxylic acids is 4. The number of nitrogens with one attached hydrogen (secondary N) is 3. The molecule has 22 nitrogen and oxygen atoms in total. The molecule has 0 unspecified atom stereocenters. The minimum atomic E-state index is -3.92. The number of fused-ring (bicyclic) bond motifs is 1. The lowest BCUT2D eigenvalue weighted by molar-refractivity contribution is -0.143. The second kappa shape index (κ2) is 25.0. The Balaban J connectivity index is 0.920. The first-order valence-corrected chi connectivity index (χ1v) is 29.9. The van der Waals surface area contributed by atoms with Gasteiger partial charge >= 0.3 is 6.09 Å². The van der Waals surface area contributed by atoms with Crippen LogP contribution in [-0.4, -0.2) is 160 Å². The van der Waals surface area contributed by atoms with E-state index in [1.54, 1.807) is 65.8 Å². The fraction of sp³-hybridized carbons (Fsp3) is 0.586. The van der Waals surface area contributed by atoms with Crippen LogP contribution >= 0.6 is 0 Å². The molecule has 4 amide bonds. The number of rotatable bonds is 17. The molecule has 2 aliphatic carbocycles. The summed E-state index contributed by atoms with van der Waals surface area (Å²) in [6.45, 7) is 18.8. The summed E-state index contributed by atoms with van der Waals surface area (Å²) in [5, 5.41) is 13.4. The van der Waals surface area contributed by atoms with Crippen LogP contribution in [0.4, 0.5) is 22.2 Å². The number of anilines is 2. The van der Waals surface area contributed by atoms with Crippen molar-refractivity contribution in [1.29, 1.82) is 0 Å². The Hall–Kier alpha value is -7.01. The van der Waals surface area contributed by atoms with Crippen molar-refractivity contribution in [3.63, 3.8) is 0 Å². The van der Waals surface area contributed by atoms with Gasteiger partial charge in [-0.2, -0.15) is 5.10 Å². The average Bonchev–Trinajstić information content (AvgIpc) is 4.02. The van der Waals surface area contributed by atoms with Gasteiger partial charge in [-0.05, 0) is 118 Å². The number of likely N-dealkylation sites (tertiary alicyclic amines) is 1. The first-order chi connectivity index (χ1) is 38.3. The maximum atomic E-state index is 15.1. The summed E-state index contributed by atoms with van der Waals surface area (Å²) in [6.07, 6.45) is 9.03. The van der Waals surface area contributed by atoms with Crippen LogP contribution in [0.25, 0.3) is 0 Å². The van der Waals surface area contributed by atoms with Crippen LogP contribution in [0.1, 0.15) is 134 Å². The van der Waals surface area contributed by atoms with E-state index in [-0.39, 0.29) is 71.1 Å². The molecular weight excluding hydrogens is 1050 g/mol. The second-order valence-corrected chi connectivity index (χ2v) is 26.6. The SMILES string of the molecule is Cc1[nH]nc(N=C(N)c2cc(S(=O)(=O)C(C)(C)C)c(OCCN3CCN(c4ncc(O[C@H]5C[C@@H](C(=O)N[C@@H]6CCCc7ccccc76)N(C(=O)[C@@H](NC(=O)[C@H](C)N(C)C(=O)OC(C)(C)C)C6CCCCC6)C5)cn4)CC3)cc2N)c1C. The van der Waals surface area contributed by atoms with E-state index in [0.717, 1.165) is 68.2 Å². The van der Waals surface area contributed by atoms with Gasteiger partial charge in [0.15, 0.2) is 21.4 Å². The number of benzene rings is 2. The minimum Gasteiger partial charge on any atom is -0.491 e. The Labute approximate surface area is 476 Å². The van der Waals surface area contributed by atoms with Gasteiger partial charge in [0.1, 0.15) is 52.9 Å². The van der Waals surface area contributed by atoms with Gasteiger partial charge < -0.3 is 46.1 Å². The zero-order valence-electron chi connectivity index (χ0n) is 48.7. The third kappa shape index (κ3) is 14.2. The average molecular weight is 1140 g/mol. The number of H-pyrrole nitrogens is 1. The van der Waals surface area contributed by atoms with Gasteiger partial charge in [-0.25, -0.2) is 28.2 Å². The monoisotopic (exact) mass is 1140 g/mol. The van der Waals surface area contributed by atoms with Crippen molar-refractivity contribution >= 4 is 56.9 Å². The highest BCUT2D eigenvalue weighted by molar-refractivity contribution is 7.92. The molecule has 4 heterocycles. The van der Waals surface area contributed by atoms with E-state index in [0.29, 0.717) is 50.2 Å². The number of hydrogen-bond acceptors (Lipinski definition) is 16. The lowest BCUT2D eigenvalue weighted by Gasteiger charge is -2.36. The predicted molar refractivity (Wildman–Crippen MR) is 309 cm³/mol. The van der Waals surface area contributed by atoms with Crippen molar-refractivity contribution in [2.45, 2.75) is 166 Å². The van der Waals surface area contributed by atoms with Gasteiger partial charge in [0.05, 0.1) is 29.7 Å². The number of amidine groups is 1. The van der Waals surface area contributed by atoms with E-state index < -0.39 is 56.4 Å². The molecule has 7 N–H and O–H groups in total. The van der Waals surface area contributed by atoms with Crippen LogP contribution in [-0.2, 0) is 35.4 Å². The number of amides is 4. The van der Waals surface area contributed by atoms with E-state index in [1.807, 2.05) is 32.0 Å². The fourth-order valence-electron chi connectivity index (χ4n) is 10.9. The van der Waals surface area contributed by atoms with Crippen LogP contribution in [0, 0.1) is 19.8 Å². The summed E-state index contributed by atoms with van der Waals surface area (Å²) in [5.74, 6) is 0.0989. The molecule has 1 saturated carbocycles. The molecule has 2 saturated heterocycles. The second-order valence-electron chi connectivity index (χ2n) is 24.0. The molecule has 0 bridgehead atoms. The molecule has 4 aromatic rings. The number of aryl methyl sites for hydroxylation is 2. The highest BCUT2D eigenvalue weighted by Crippen LogP contribution is 2.37. The Morgan fingerprint density at radius 3 is 2.30 bits per heavy atom. The number of aliphatic imine (C=N–C) groups is 1. The molecule has 23 heteroatoms. The lowest BCUT2D eigenvalue weighted by atomic mass is 9.83. The fourth-order valence-corrected chi connectivity index (χ4v) is 12.2. The minimum absolute atomic E-state index is 0.0233. The van der Waals surface area contributed by atoms with Gasteiger partial charge in [0, 0.05) is 74.8 Å². The Morgan fingerprint density at radius 1 is 0.951 bits per heavy atom. The smallest absolute Gasteiger partial charge is 0.410 e. The number of carbonyl (C=O) groups is 4. The van der Waals surface area contributed by atoms with Crippen molar-refractivity contribution in [2.75, 3.05) is 63.6 Å². The molecule has 0 radical (unpaired) electrons. The van der Waals surface area contributed by atoms with E-state index in [4.69, 9.17) is 25.7 Å². The highest BCUT2D eigenvalue weighted by atomic mass is 32.2. The number of nitrogens with two attached hydrogens (primary N) is 2. The summed E-state index contributed by atoms with van der Waals surface area (Å²) >= 11 is 0. The van der Waals surface area contributed by atoms with E-state index in [1.165, 1.54) is 29.6 Å². The zero-order chi connectivity index (χ0) is 58.6. The first kappa shape index (κ1) is 60.1. The van der Waals surface area contributed by atoms with Crippen LogP contribution in [0.5, 0.6) is 11.5 Å². The van der Waals surface area contributed by atoms with Crippen LogP contribution in [0.3, 0.4) is 0 Å². The number of nitrogens with zero attached hydrogens (tertiary/aromatic N) is 8. The first-order valence-electron chi connectivity index (χ1n) is 28.4. The number of piperazine rings is 1. The topological polar surface area (TPSA) is 286 Å². The molecule has 4 aliphatic rings. The van der Waals surface area contributed by atoms with Gasteiger partial charge in [-0.1, -0.05) is 43.5 Å². The predicted octanol–water partition coefficient (Wildman–Crippen LogP) is 6.07. The number of nitrogen functional groups attached to an aromatic ring is 1. The largest absolute Gasteiger partial charge is 0.491 e. The molecule has 8 rings (SSSR count). The third-order valence-corrected chi connectivity index (χ3v) is 18.6. The third-order valence-electron chi connectivity index (χ3n) is 16.0. The number of aromatic amines is 1. The summed E-state index contributed by atoms with van der Waals surface area (Å²) in [4.78, 5) is 77.7. The van der Waals surface area contributed by atoms with Gasteiger partial charge in [0.25, 0.3) is 0 Å². The number of aromatic nitrogens is 4. The molecule has 2 aliphatic heterocycles. The van der Waals surface area contributed by atoms with E-state index in [2.05, 4.69) is 51.7 Å². The Morgan fingerprint density at radius 2 is 1.64 bits per heavy atom. The quantitative estimate of drug-likeness (QED) is 0.0455. The maximum absolute atomic E-state index is 15.1. The standard InChI is InChI=1S/C58H83N13O9S/c1-35-36(2)66-67-51(35)65-50(60)43-30-48(81(76,77)58(7,8)9)47(31-44(43)59)78-28-27-69-23-25-70(26-24-69)55-61-32-41(33-62-55)79-40-29-46(53(73)63-45-22-16-20-38-17-14-15-21-42(38)45)71(34-40)54(74)49(39-18-12-11-13-19-39)64-52(72)37(3)68(10)56(75)80-57(4,5)6/h14-15,17,21,30-33,37,39-40,45-46,49H,11-13,16,18-20,22-29,34,59H2,1-10H3,(H,63,73)(H,64,72)(H3,60,65,66,67)/t37-,40-,45+,46-,49-/m0/s1. The Kier molecular flexibility index (Phi) is 18.6. The summed E-state index contributed by atoms with van der Waals surface area (Å²) in [7, 11) is -2.42. The van der Waals surface area contributed by atoms with Crippen molar-refractivity contribution in [2.24, 2.45) is 16.6 Å². The molecule has 81 heavy (non-hydrogen) atoms. The summed E-state index contributed by atoms with van der Waals surface area (Å²) in [6, 6.07) is 8.03. The molecule has 2 aromatic heterocycles. The van der Waals surface area contributed by atoms with Gasteiger partial charge in [-0.15, -0.1) is 0 Å². The molecular formula is C58H83N13O9S. The van der Waals surface area contributed by atoms with Crippen molar-refractivity contribution in [3.05, 3.63) is 76.7 Å². The zero-order valence-corrected chi connectivity index (χ0v) is 49.5. The van der Waals surface area contributed by atoms with Crippen molar-refractivity contribution in [1.82, 2.24) is 45.5 Å². The van der Waals surface area contributed by atoms with Crippen molar-refractivity contribution in [3.8, 4) is 11.5 Å². The normalized spacial score (nSPS) is 20.2. The maximum Gasteiger partial charge on any atom is 0.410 e. The number of sulfone groups is 1. The van der Waals surface area contributed by atoms with Crippen molar-refractivity contribution < 1.29 is 41.8 Å². The molecule has 3 fully saturated rings. The number of ether oxygens (including phenoxy) is 3. The van der Waals surface area contributed by atoms with Gasteiger partial charge in [0.2, 0.25) is 23.7 Å². The molecule has 5 atom stereocenters. The highest BCUT2D eigenvalue weighted by Gasteiger charge is 2.46. The number of hydrogen-bond donors (Lipinski definition) is 5. The molecule has 440 valence electrons. The van der Waals surface area contributed by atoms with Crippen LogP contribution < -0.4 is 36.5 Å². The number of likely N-dealkylation sites (N-methyl/N-ethyl adjacent to an activating group) is 1. The summed E-state index contributed by atoms with van der Waals surface area (Å²) in [5.41, 5.74) is 16.5. The molecule has 2 aromatic carbocycles. The van der Waals surface area contributed by atoms with Gasteiger partial charge in [-0.3, -0.25) is 29.3 Å².